The van der Waals surface area contributed by atoms with E-state index < -0.39 is 0 Å². The van der Waals surface area contributed by atoms with Gasteiger partial charge in [0.2, 0.25) is 0 Å². The molecule has 0 aliphatic heterocycles. The average Bonchev–Trinajstić information content (AvgIpc) is 1.94. The van der Waals surface area contributed by atoms with Crippen LogP contribution in [0, 0.1) is 0 Å². The molecular formula is C8H18N2S. The maximum atomic E-state index is 5.70. The molecule has 0 aromatic heterocycles. The van der Waals surface area contributed by atoms with Crippen LogP contribution in [0.1, 0.15) is 12.8 Å². The third-order valence-electron chi connectivity index (χ3n) is 2.42. The molecule has 2 N–H and O–H groups in total. The van der Waals surface area contributed by atoms with Crippen molar-refractivity contribution in [3.63, 3.8) is 0 Å². The topological polar surface area (TPSA) is 29.3 Å². The van der Waals surface area contributed by atoms with E-state index in [9.17, 15) is 0 Å². The van der Waals surface area contributed by atoms with E-state index >= 15 is 0 Å². The van der Waals surface area contributed by atoms with Gasteiger partial charge in [0.25, 0.3) is 0 Å². The molecule has 3 heteroatoms. The Morgan fingerprint density at radius 2 is 2.18 bits per heavy atom. The van der Waals surface area contributed by atoms with E-state index in [0.717, 1.165) is 6.04 Å². The summed E-state index contributed by atoms with van der Waals surface area (Å²) >= 11 is 1.91. The normalized spacial score (nSPS) is 30.5. The molecule has 1 saturated carbocycles. The Hall–Kier alpha value is 0.270. The largest absolute Gasteiger partial charge is 0.328 e. The standard InChI is InChI=1S/C8H18N2S/c1-10(3-4-11-2)8-5-7(9)6-8/h7-8H,3-6,9H2,1-2H3. The van der Waals surface area contributed by atoms with Gasteiger partial charge in [-0.2, -0.15) is 11.8 Å². The number of rotatable bonds is 4. The van der Waals surface area contributed by atoms with Crippen LogP contribution in [0.4, 0.5) is 0 Å². The van der Waals surface area contributed by atoms with Gasteiger partial charge in [-0.3, -0.25) is 0 Å². The first-order valence-electron chi connectivity index (χ1n) is 4.18. The van der Waals surface area contributed by atoms with Crippen LogP contribution < -0.4 is 5.73 Å². The molecule has 0 radical (unpaired) electrons. The molecule has 66 valence electrons. The molecule has 2 nitrogen and oxygen atoms in total. The molecule has 0 heterocycles. The summed E-state index contributed by atoms with van der Waals surface area (Å²) < 4.78 is 0. The van der Waals surface area contributed by atoms with Crippen molar-refractivity contribution < 1.29 is 0 Å². The van der Waals surface area contributed by atoms with Gasteiger partial charge in [-0.1, -0.05) is 0 Å². The summed E-state index contributed by atoms with van der Waals surface area (Å²) in [6.07, 6.45) is 4.55. The Bertz CT molecular complexity index is 113. The zero-order chi connectivity index (χ0) is 8.27. The van der Waals surface area contributed by atoms with Gasteiger partial charge in [-0.25, -0.2) is 0 Å². The molecule has 0 unspecified atom stereocenters. The lowest BCUT2D eigenvalue weighted by Gasteiger charge is -2.39. The zero-order valence-corrected chi connectivity index (χ0v) is 8.23. The average molecular weight is 174 g/mol. The molecule has 1 aliphatic carbocycles. The molecule has 0 aromatic rings. The van der Waals surface area contributed by atoms with Crippen molar-refractivity contribution in [3.8, 4) is 0 Å². The van der Waals surface area contributed by atoms with Crippen LogP contribution in [0.15, 0.2) is 0 Å². The minimum absolute atomic E-state index is 0.483. The van der Waals surface area contributed by atoms with Crippen molar-refractivity contribution in [2.75, 3.05) is 25.6 Å². The van der Waals surface area contributed by atoms with Crippen molar-refractivity contribution in [1.29, 1.82) is 0 Å². The smallest absolute Gasteiger partial charge is 0.0122 e. The maximum absolute atomic E-state index is 5.70. The van der Waals surface area contributed by atoms with Crippen LogP contribution in [0.3, 0.4) is 0 Å². The molecule has 1 aliphatic rings. The Morgan fingerprint density at radius 3 is 2.64 bits per heavy atom. The van der Waals surface area contributed by atoms with Crippen molar-refractivity contribution >= 4 is 11.8 Å². The summed E-state index contributed by atoms with van der Waals surface area (Å²) in [5.41, 5.74) is 5.70. The first-order valence-corrected chi connectivity index (χ1v) is 5.58. The minimum atomic E-state index is 0.483. The van der Waals surface area contributed by atoms with E-state index in [0.29, 0.717) is 6.04 Å². The summed E-state index contributed by atoms with van der Waals surface area (Å²) in [5, 5.41) is 0. The fraction of sp³-hybridized carbons (Fsp3) is 1.00. The first kappa shape index (κ1) is 9.36. The highest BCUT2D eigenvalue weighted by Gasteiger charge is 2.28. The number of nitrogens with zero attached hydrogens (tertiary/aromatic N) is 1. The SMILES string of the molecule is CSCCN(C)C1CC(N)C1. The highest BCUT2D eigenvalue weighted by molar-refractivity contribution is 7.98. The van der Waals surface area contributed by atoms with E-state index in [-0.39, 0.29) is 0 Å². The van der Waals surface area contributed by atoms with Gasteiger partial charge in [-0.15, -0.1) is 0 Å². The van der Waals surface area contributed by atoms with Crippen molar-refractivity contribution in [1.82, 2.24) is 4.90 Å². The second-order valence-electron chi connectivity index (χ2n) is 3.36. The summed E-state index contributed by atoms with van der Waals surface area (Å²) in [6, 6.07) is 1.26. The molecular weight excluding hydrogens is 156 g/mol. The highest BCUT2D eigenvalue weighted by atomic mass is 32.2. The van der Waals surface area contributed by atoms with Gasteiger partial charge in [0.1, 0.15) is 0 Å². The third kappa shape index (κ3) is 2.65. The molecule has 0 saturated heterocycles. The molecule has 0 atom stereocenters. The summed E-state index contributed by atoms with van der Waals surface area (Å²) in [6.45, 7) is 1.21. The predicted molar refractivity (Wildman–Crippen MR) is 52.0 cm³/mol. The lowest BCUT2D eigenvalue weighted by Crippen LogP contribution is -2.49. The highest BCUT2D eigenvalue weighted by Crippen LogP contribution is 2.22. The van der Waals surface area contributed by atoms with E-state index in [1.807, 2.05) is 11.8 Å². The van der Waals surface area contributed by atoms with Crippen molar-refractivity contribution in [2.24, 2.45) is 5.73 Å². The molecule has 1 rings (SSSR count). The Morgan fingerprint density at radius 1 is 1.55 bits per heavy atom. The van der Waals surface area contributed by atoms with Crippen molar-refractivity contribution in [3.05, 3.63) is 0 Å². The molecule has 0 spiro atoms. The number of hydrogen-bond acceptors (Lipinski definition) is 3. The van der Waals surface area contributed by atoms with Gasteiger partial charge in [0.05, 0.1) is 0 Å². The Labute approximate surface area is 73.5 Å². The van der Waals surface area contributed by atoms with Crippen molar-refractivity contribution in [2.45, 2.75) is 24.9 Å². The second kappa shape index (κ2) is 4.33. The molecule has 11 heavy (non-hydrogen) atoms. The van der Waals surface area contributed by atoms with Gasteiger partial charge in [-0.05, 0) is 26.1 Å². The maximum Gasteiger partial charge on any atom is 0.0122 e. The minimum Gasteiger partial charge on any atom is -0.328 e. The summed E-state index contributed by atoms with van der Waals surface area (Å²) in [7, 11) is 2.20. The quantitative estimate of drug-likeness (QED) is 0.682. The zero-order valence-electron chi connectivity index (χ0n) is 7.42. The van der Waals surface area contributed by atoms with E-state index in [1.165, 1.54) is 25.1 Å². The van der Waals surface area contributed by atoms with Gasteiger partial charge in [0, 0.05) is 24.4 Å². The molecule has 0 bridgehead atoms. The van der Waals surface area contributed by atoms with Crippen LogP contribution in [-0.4, -0.2) is 42.6 Å². The van der Waals surface area contributed by atoms with E-state index in [1.54, 1.807) is 0 Å². The van der Waals surface area contributed by atoms with Crippen LogP contribution >= 0.6 is 11.8 Å². The number of thioether (sulfide) groups is 1. The van der Waals surface area contributed by atoms with Gasteiger partial charge in [0.15, 0.2) is 0 Å². The van der Waals surface area contributed by atoms with Crippen LogP contribution in [0.5, 0.6) is 0 Å². The summed E-state index contributed by atoms with van der Waals surface area (Å²) in [5.74, 6) is 1.24. The monoisotopic (exact) mass is 174 g/mol. The lowest BCUT2D eigenvalue weighted by molar-refractivity contribution is 0.147. The van der Waals surface area contributed by atoms with Crippen LogP contribution in [-0.2, 0) is 0 Å². The third-order valence-corrected chi connectivity index (χ3v) is 3.01. The van der Waals surface area contributed by atoms with E-state index in [2.05, 4.69) is 18.2 Å². The Kier molecular flexibility index (Phi) is 3.69. The summed E-state index contributed by atoms with van der Waals surface area (Å²) in [4.78, 5) is 2.43. The number of nitrogens with two attached hydrogens (primary N) is 1. The molecule has 0 aromatic carbocycles. The molecule has 0 amide bonds. The van der Waals surface area contributed by atoms with Crippen LogP contribution in [0.2, 0.25) is 0 Å². The Balaban J connectivity index is 2.06. The second-order valence-corrected chi connectivity index (χ2v) is 4.34. The number of hydrogen-bond donors (Lipinski definition) is 1. The van der Waals surface area contributed by atoms with Gasteiger partial charge < -0.3 is 10.6 Å². The lowest BCUT2D eigenvalue weighted by atomic mass is 9.87. The van der Waals surface area contributed by atoms with Crippen LogP contribution in [0.25, 0.3) is 0 Å². The fourth-order valence-corrected chi connectivity index (χ4v) is 1.88. The fourth-order valence-electron chi connectivity index (χ4n) is 1.41. The van der Waals surface area contributed by atoms with E-state index in [4.69, 9.17) is 5.73 Å². The molecule has 1 fully saturated rings. The van der Waals surface area contributed by atoms with Gasteiger partial charge >= 0.3 is 0 Å². The first-order chi connectivity index (χ1) is 5.24. The predicted octanol–water partition coefficient (Wildman–Crippen LogP) is 0.771.